The normalized spacial score (nSPS) is 10.1. The first-order valence-corrected chi connectivity index (χ1v) is 2.23. The maximum atomic E-state index is 2.21. The summed E-state index contributed by atoms with van der Waals surface area (Å²) in [5.74, 6) is 0. The first kappa shape index (κ1) is 29.4. The fraction of sp³-hybridized carbons (Fsp3) is 0.333. The predicted molar refractivity (Wildman–Crippen MR) is 27.5 cm³/mol. The van der Waals surface area contributed by atoms with E-state index in [4.69, 9.17) is 0 Å². The van der Waals surface area contributed by atoms with Crippen LogP contribution in [-0.2, 0) is 26.2 Å². The van der Waals surface area contributed by atoms with Gasteiger partial charge in [-0.1, -0.05) is 23.8 Å². The third-order valence-electron chi connectivity index (χ3n) is 0.957. The molecule has 1 aliphatic carbocycles. The number of rotatable bonds is 0. The van der Waals surface area contributed by atoms with Gasteiger partial charge in [0.25, 0.3) is 0 Å². The topological polar surface area (TPSA) is 0 Å². The van der Waals surface area contributed by atoms with Gasteiger partial charge < -0.3 is 49.6 Å². The summed E-state index contributed by atoms with van der Waals surface area (Å²) in [6, 6.07) is 0. The van der Waals surface area contributed by atoms with Crippen LogP contribution in [0.1, 0.15) is 13.3 Å². The fourth-order valence-corrected chi connectivity index (χ4v) is 0.576. The Balaban J connectivity index is -0.0000000240. The summed E-state index contributed by atoms with van der Waals surface area (Å²) in [4.78, 5) is 0. The standard InChI is InChI=1S/C6H8.4ClH.Zr/c1-6-4-2-3-5-6;;;;;/h2,4-5H,3H2,1H3;4*1H;/q;;;;;+4/p-4. The van der Waals surface area contributed by atoms with Crippen molar-refractivity contribution >= 4 is 0 Å². The van der Waals surface area contributed by atoms with Crippen molar-refractivity contribution in [2.75, 3.05) is 0 Å². The molecule has 0 atom stereocenters. The Labute approximate surface area is 112 Å². The summed E-state index contributed by atoms with van der Waals surface area (Å²) < 4.78 is 0. The number of hydrogen-bond acceptors (Lipinski definition) is 0. The van der Waals surface area contributed by atoms with Crippen LogP contribution >= 0.6 is 0 Å². The Morgan fingerprint density at radius 1 is 1.09 bits per heavy atom. The van der Waals surface area contributed by atoms with Crippen LogP contribution in [0.3, 0.4) is 0 Å². The molecule has 0 bridgehead atoms. The Morgan fingerprint density at radius 2 is 1.55 bits per heavy atom. The second-order valence-corrected chi connectivity index (χ2v) is 1.59. The molecule has 0 aromatic heterocycles. The molecule has 0 amide bonds. The van der Waals surface area contributed by atoms with Crippen molar-refractivity contribution < 1.29 is 75.8 Å². The molecule has 0 fully saturated rings. The smallest absolute Gasteiger partial charge is 1.00 e. The van der Waals surface area contributed by atoms with Crippen molar-refractivity contribution in [2.45, 2.75) is 13.3 Å². The van der Waals surface area contributed by atoms with Crippen LogP contribution in [0, 0.1) is 0 Å². The minimum absolute atomic E-state index is 0. The van der Waals surface area contributed by atoms with E-state index in [2.05, 4.69) is 25.2 Å². The van der Waals surface area contributed by atoms with E-state index in [1.807, 2.05) is 0 Å². The quantitative estimate of drug-likeness (QED) is 0.417. The monoisotopic (exact) mass is 310 g/mol. The molecule has 0 heterocycles. The summed E-state index contributed by atoms with van der Waals surface area (Å²) in [6.07, 6.45) is 7.65. The average Bonchev–Trinajstić information content (AvgIpc) is 1.86. The Hall–Kier alpha value is 1.52. The first-order chi connectivity index (χ1) is 2.89. The van der Waals surface area contributed by atoms with E-state index in [9.17, 15) is 0 Å². The van der Waals surface area contributed by atoms with Gasteiger partial charge in [-0.3, -0.25) is 0 Å². The molecular weight excluding hydrogens is 305 g/mol. The van der Waals surface area contributed by atoms with Crippen molar-refractivity contribution in [1.82, 2.24) is 0 Å². The van der Waals surface area contributed by atoms with Crippen LogP contribution in [0.5, 0.6) is 0 Å². The summed E-state index contributed by atoms with van der Waals surface area (Å²) >= 11 is 0. The van der Waals surface area contributed by atoms with Gasteiger partial charge in [0.15, 0.2) is 0 Å². The van der Waals surface area contributed by atoms with Crippen molar-refractivity contribution in [3.05, 3.63) is 23.8 Å². The molecule has 0 radical (unpaired) electrons. The van der Waals surface area contributed by atoms with E-state index in [1.54, 1.807) is 0 Å². The molecule has 1 aliphatic rings. The van der Waals surface area contributed by atoms with Gasteiger partial charge in [0.1, 0.15) is 0 Å². The van der Waals surface area contributed by atoms with Gasteiger partial charge >= 0.3 is 26.2 Å². The van der Waals surface area contributed by atoms with Crippen LogP contribution in [0.4, 0.5) is 0 Å². The molecule has 64 valence electrons. The molecule has 5 heteroatoms. The van der Waals surface area contributed by atoms with E-state index >= 15 is 0 Å². The predicted octanol–water partition coefficient (Wildman–Crippen LogP) is -10.1. The van der Waals surface area contributed by atoms with Crippen LogP contribution in [0.15, 0.2) is 23.8 Å². The maximum absolute atomic E-state index is 2.21. The molecule has 0 aliphatic heterocycles. The third kappa shape index (κ3) is 14.4. The van der Waals surface area contributed by atoms with E-state index in [-0.39, 0.29) is 75.8 Å². The zero-order valence-corrected chi connectivity index (χ0v) is 11.4. The number of halogens is 4. The number of allylic oxidation sites excluding steroid dienone is 4. The molecule has 0 aromatic rings. The molecular formula is C6H8Cl4Zr. The largest absolute Gasteiger partial charge is 4.00 e. The average molecular weight is 313 g/mol. The van der Waals surface area contributed by atoms with E-state index in [1.165, 1.54) is 5.57 Å². The summed E-state index contributed by atoms with van der Waals surface area (Å²) in [5.41, 5.74) is 1.40. The number of hydrogen-bond donors (Lipinski definition) is 0. The molecule has 1 rings (SSSR count). The van der Waals surface area contributed by atoms with Gasteiger partial charge in [-0.2, -0.15) is 0 Å². The first-order valence-electron chi connectivity index (χ1n) is 2.23. The second-order valence-electron chi connectivity index (χ2n) is 1.59. The summed E-state index contributed by atoms with van der Waals surface area (Å²) in [7, 11) is 0. The van der Waals surface area contributed by atoms with E-state index in [0.717, 1.165) is 6.42 Å². The molecule has 0 aromatic carbocycles. The fourth-order valence-electron chi connectivity index (χ4n) is 0.576. The zero-order valence-electron chi connectivity index (χ0n) is 5.95. The second kappa shape index (κ2) is 17.6. The van der Waals surface area contributed by atoms with Crippen LogP contribution in [0.25, 0.3) is 0 Å². The minimum atomic E-state index is 0. The van der Waals surface area contributed by atoms with Gasteiger partial charge in [0.2, 0.25) is 0 Å². The molecule has 0 saturated heterocycles. The summed E-state index contributed by atoms with van der Waals surface area (Å²) in [6.45, 7) is 2.11. The van der Waals surface area contributed by atoms with Gasteiger partial charge in [0, 0.05) is 0 Å². The van der Waals surface area contributed by atoms with Crippen LogP contribution < -0.4 is 49.6 Å². The molecule has 0 unspecified atom stereocenters. The van der Waals surface area contributed by atoms with Crippen LogP contribution in [0.2, 0.25) is 0 Å². The van der Waals surface area contributed by atoms with Crippen molar-refractivity contribution in [3.63, 3.8) is 0 Å². The van der Waals surface area contributed by atoms with Gasteiger partial charge in [0.05, 0.1) is 0 Å². The van der Waals surface area contributed by atoms with E-state index < -0.39 is 0 Å². The Kier molecular flexibility index (Phi) is 46.9. The van der Waals surface area contributed by atoms with Crippen molar-refractivity contribution in [3.8, 4) is 0 Å². The minimum Gasteiger partial charge on any atom is -1.00 e. The zero-order chi connectivity index (χ0) is 4.41. The maximum Gasteiger partial charge on any atom is 4.00 e. The SMILES string of the molecule is CC1=CCC=C1.[Cl-].[Cl-].[Cl-].[Cl-].[Zr+4]. The molecule has 0 N–H and O–H groups in total. The Bertz CT molecular complexity index is 108. The van der Waals surface area contributed by atoms with E-state index in [0.29, 0.717) is 0 Å². The van der Waals surface area contributed by atoms with Crippen molar-refractivity contribution in [2.24, 2.45) is 0 Å². The van der Waals surface area contributed by atoms with Gasteiger partial charge in [-0.05, 0) is 13.3 Å². The molecule has 0 spiro atoms. The van der Waals surface area contributed by atoms with Crippen LogP contribution in [-0.4, -0.2) is 0 Å². The summed E-state index contributed by atoms with van der Waals surface area (Å²) in [5, 5.41) is 0. The van der Waals surface area contributed by atoms with Gasteiger partial charge in [-0.15, -0.1) is 0 Å². The molecule has 11 heavy (non-hydrogen) atoms. The third-order valence-corrected chi connectivity index (χ3v) is 0.957. The molecule has 0 nitrogen and oxygen atoms in total. The van der Waals surface area contributed by atoms with Crippen molar-refractivity contribution in [1.29, 1.82) is 0 Å². The molecule has 0 saturated carbocycles. The Morgan fingerprint density at radius 3 is 1.64 bits per heavy atom. The van der Waals surface area contributed by atoms with Gasteiger partial charge in [-0.25, -0.2) is 0 Å².